The van der Waals surface area contributed by atoms with E-state index in [4.69, 9.17) is 0 Å². The van der Waals surface area contributed by atoms with Crippen LogP contribution in [-0.2, 0) is 0 Å². The molecular weight excluding hydrogens is 222 g/mol. The molecule has 2 aromatic rings. The molecule has 3 nitrogen and oxygen atoms in total. The standard InChI is InChI=1S/C15H19N3/c1-13-5-6-14(17-8-3-2-4-9-17)15(11-13)18-10-7-16-12-18/h5-7,10-12H,2-4,8-9H2,1H3. The second kappa shape index (κ2) is 4.84. The van der Waals surface area contributed by atoms with Crippen molar-refractivity contribution in [3.05, 3.63) is 42.5 Å². The van der Waals surface area contributed by atoms with Gasteiger partial charge in [-0.2, -0.15) is 0 Å². The molecule has 1 aromatic carbocycles. The molecule has 0 N–H and O–H groups in total. The Hall–Kier alpha value is -1.77. The molecule has 0 bridgehead atoms. The van der Waals surface area contributed by atoms with Gasteiger partial charge in [0.1, 0.15) is 0 Å². The molecule has 0 radical (unpaired) electrons. The molecule has 0 atom stereocenters. The normalized spacial score (nSPS) is 15.9. The van der Waals surface area contributed by atoms with Gasteiger partial charge in [-0.15, -0.1) is 0 Å². The van der Waals surface area contributed by atoms with Crippen molar-refractivity contribution >= 4 is 5.69 Å². The monoisotopic (exact) mass is 241 g/mol. The number of aromatic nitrogens is 2. The molecular formula is C15H19N3. The molecule has 0 amide bonds. The highest BCUT2D eigenvalue weighted by molar-refractivity contribution is 5.64. The number of rotatable bonds is 2. The number of hydrogen-bond acceptors (Lipinski definition) is 2. The highest BCUT2D eigenvalue weighted by Gasteiger charge is 2.15. The van der Waals surface area contributed by atoms with Crippen LogP contribution in [0.4, 0.5) is 5.69 Å². The highest BCUT2D eigenvalue weighted by atomic mass is 15.2. The third-order valence-electron chi connectivity index (χ3n) is 3.61. The van der Waals surface area contributed by atoms with E-state index in [9.17, 15) is 0 Å². The van der Waals surface area contributed by atoms with E-state index in [-0.39, 0.29) is 0 Å². The molecule has 94 valence electrons. The molecule has 18 heavy (non-hydrogen) atoms. The Morgan fingerprint density at radius 2 is 1.89 bits per heavy atom. The molecule has 1 aromatic heterocycles. The fourth-order valence-electron chi connectivity index (χ4n) is 2.64. The van der Waals surface area contributed by atoms with Gasteiger partial charge in [-0.05, 0) is 43.9 Å². The Labute approximate surface area is 108 Å². The minimum absolute atomic E-state index is 1.17. The molecule has 0 aliphatic carbocycles. The smallest absolute Gasteiger partial charge is 0.0992 e. The first-order chi connectivity index (χ1) is 8.84. The maximum Gasteiger partial charge on any atom is 0.0992 e. The fourth-order valence-corrected chi connectivity index (χ4v) is 2.64. The van der Waals surface area contributed by atoms with Crippen molar-refractivity contribution in [3.63, 3.8) is 0 Å². The number of piperidine rings is 1. The van der Waals surface area contributed by atoms with Gasteiger partial charge in [0.05, 0.1) is 17.7 Å². The summed E-state index contributed by atoms with van der Waals surface area (Å²) in [4.78, 5) is 6.66. The van der Waals surface area contributed by atoms with Crippen LogP contribution in [0.2, 0.25) is 0 Å². The second-order valence-electron chi connectivity index (χ2n) is 5.01. The number of imidazole rings is 1. The van der Waals surface area contributed by atoms with Gasteiger partial charge in [0, 0.05) is 25.5 Å². The summed E-state index contributed by atoms with van der Waals surface area (Å²) in [5.41, 5.74) is 3.87. The summed E-state index contributed by atoms with van der Waals surface area (Å²) in [6, 6.07) is 6.69. The molecule has 3 rings (SSSR count). The molecule has 2 heterocycles. The molecule has 1 saturated heterocycles. The van der Waals surface area contributed by atoms with E-state index in [0.29, 0.717) is 0 Å². The maximum absolute atomic E-state index is 4.16. The summed E-state index contributed by atoms with van der Waals surface area (Å²) < 4.78 is 2.11. The Morgan fingerprint density at radius 1 is 1.06 bits per heavy atom. The number of benzene rings is 1. The van der Waals surface area contributed by atoms with E-state index in [1.807, 2.05) is 18.7 Å². The Morgan fingerprint density at radius 3 is 2.61 bits per heavy atom. The van der Waals surface area contributed by atoms with Crippen molar-refractivity contribution in [1.29, 1.82) is 0 Å². The van der Waals surface area contributed by atoms with Gasteiger partial charge >= 0.3 is 0 Å². The van der Waals surface area contributed by atoms with Crippen LogP contribution < -0.4 is 4.90 Å². The lowest BCUT2D eigenvalue weighted by Crippen LogP contribution is -2.30. The first-order valence-electron chi connectivity index (χ1n) is 6.68. The number of anilines is 1. The van der Waals surface area contributed by atoms with Crippen LogP contribution >= 0.6 is 0 Å². The molecule has 3 heteroatoms. The lowest BCUT2D eigenvalue weighted by atomic mass is 10.1. The zero-order valence-electron chi connectivity index (χ0n) is 10.8. The average Bonchev–Trinajstić information content (AvgIpc) is 2.93. The lowest BCUT2D eigenvalue weighted by Gasteiger charge is -2.30. The largest absolute Gasteiger partial charge is 0.370 e. The van der Waals surface area contributed by atoms with E-state index in [1.165, 1.54) is 49.3 Å². The van der Waals surface area contributed by atoms with E-state index in [0.717, 1.165) is 0 Å². The van der Waals surface area contributed by atoms with Gasteiger partial charge in [0.2, 0.25) is 0 Å². The summed E-state index contributed by atoms with van der Waals surface area (Å²) >= 11 is 0. The third-order valence-corrected chi connectivity index (χ3v) is 3.61. The predicted molar refractivity (Wildman–Crippen MR) is 74.4 cm³/mol. The van der Waals surface area contributed by atoms with E-state index < -0.39 is 0 Å². The molecule has 0 saturated carbocycles. The minimum atomic E-state index is 1.17. The fraction of sp³-hybridized carbons (Fsp3) is 0.400. The summed E-state index contributed by atoms with van der Waals surface area (Å²) in [6.07, 6.45) is 9.70. The van der Waals surface area contributed by atoms with Crippen LogP contribution in [0.1, 0.15) is 24.8 Å². The molecule has 0 unspecified atom stereocenters. The van der Waals surface area contributed by atoms with Crippen LogP contribution in [-0.4, -0.2) is 22.6 Å². The number of hydrogen-bond donors (Lipinski definition) is 0. The minimum Gasteiger partial charge on any atom is -0.370 e. The van der Waals surface area contributed by atoms with Gasteiger partial charge in [-0.1, -0.05) is 6.07 Å². The Kier molecular flexibility index (Phi) is 3.05. The van der Waals surface area contributed by atoms with Crippen LogP contribution in [0.3, 0.4) is 0 Å². The van der Waals surface area contributed by atoms with Crippen LogP contribution in [0.15, 0.2) is 36.9 Å². The number of nitrogens with zero attached hydrogens (tertiary/aromatic N) is 3. The summed E-state index contributed by atoms with van der Waals surface area (Å²) in [5, 5.41) is 0. The number of aryl methyl sites for hydroxylation is 1. The van der Waals surface area contributed by atoms with Crippen molar-refractivity contribution < 1.29 is 0 Å². The molecule has 0 spiro atoms. The molecule has 1 aliphatic heterocycles. The van der Waals surface area contributed by atoms with Crippen LogP contribution in [0, 0.1) is 6.92 Å². The molecule has 1 fully saturated rings. The lowest BCUT2D eigenvalue weighted by molar-refractivity contribution is 0.577. The second-order valence-corrected chi connectivity index (χ2v) is 5.01. The van der Waals surface area contributed by atoms with Crippen molar-refractivity contribution in [1.82, 2.24) is 9.55 Å². The predicted octanol–water partition coefficient (Wildman–Crippen LogP) is 3.17. The first kappa shape index (κ1) is 11.3. The average molecular weight is 241 g/mol. The highest BCUT2D eigenvalue weighted by Crippen LogP contribution is 2.28. The summed E-state index contributed by atoms with van der Waals surface area (Å²) in [7, 11) is 0. The quantitative estimate of drug-likeness (QED) is 0.805. The van der Waals surface area contributed by atoms with Crippen LogP contribution in [0.5, 0.6) is 0 Å². The first-order valence-corrected chi connectivity index (χ1v) is 6.68. The van der Waals surface area contributed by atoms with E-state index in [2.05, 4.69) is 39.6 Å². The zero-order valence-corrected chi connectivity index (χ0v) is 10.8. The molecule has 1 aliphatic rings. The Bertz CT molecular complexity index is 511. The van der Waals surface area contributed by atoms with Gasteiger partial charge < -0.3 is 9.47 Å². The topological polar surface area (TPSA) is 21.1 Å². The van der Waals surface area contributed by atoms with Gasteiger partial charge in [0.25, 0.3) is 0 Å². The van der Waals surface area contributed by atoms with Crippen molar-refractivity contribution in [2.24, 2.45) is 0 Å². The van der Waals surface area contributed by atoms with Crippen LogP contribution in [0.25, 0.3) is 5.69 Å². The summed E-state index contributed by atoms with van der Waals surface area (Å²) in [6.45, 7) is 4.48. The third kappa shape index (κ3) is 2.13. The van der Waals surface area contributed by atoms with Crippen molar-refractivity contribution in [2.75, 3.05) is 18.0 Å². The van der Waals surface area contributed by atoms with Gasteiger partial charge in [-0.25, -0.2) is 4.98 Å². The van der Waals surface area contributed by atoms with Gasteiger partial charge in [0.15, 0.2) is 0 Å². The summed E-state index contributed by atoms with van der Waals surface area (Å²) in [5.74, 6) is 0. The zero-order chi connectivity index (χ0) is 12.4. The van der Waals surface area contributed by atoms with Gasteiger partial charge in [-0.3, -0.25) is 0 Å². The van der Waals surface area contributed by atoms with E-state index >= 15 is 0 Å². The SMILES string of the molecule is Cc1ccc(N2CCCCC2)c(-n2ccnc2)c1. The maximum atomic E-state index is 4.16. The van der Waals surface area contributed by atoms with E-state index in [1.54, 1.807) is 0 Å². The van der Waals surface area contributed by atoms with Crippen molar-refractivity contribution in [3.8, 4) is 5.69 Å². The Balaban J connectivity index is 2.02. The van der Waals surface area contributed by atoms with Crippen molar-refractivity contribution in [2.45, 2.75) is 26.2 Å².